The van der Waals surface area contributed by atoms with Crippen LogP contribution in [0.5, 0.6) is 0 Å². The van der Waals surface area contributed by atoms with E-state index in [1.165, 1.54) is 85.6 Å². The standard InChI is InChI=1S/2C19H15BrS.C18H11BrS.CHF3O3S.H2O2.H2O/c2*1-21-19-10-6-5-9-16(19)15-11-12-18(20)17(13-15)14-7-3-2-4-8-14;19-15-11-10-14-13-8-4-5-9-16(13)20-18(14)17(15)12-6-2-1-3-7-12;2-1(3,4)8(5,6)7;1-2;/h2*2-13H,1H3;1-11H;(H,5,6,7);1-2H;1H2. The molecule has 0 bridgehead atoms. The van der Waals surface area contributed by atoms with Crippen LogP contribution in [0, 0.1) is 0 Å². The van der Waals surface area contributed by atoms with Crippen molar-refractivity contribution in [3.63, 3.8) is 0 Å². The van der Waals surface area contributed by atoms with Crippen LogP contribution in [0.4, 0.5) is 13.2 Å². The lowest BCUT2D eigenvalue weighted by molar-refractivity contribution is -0.176. The Kier molecular flexibility index (Phi) is 22.6. The molecule has 6 nitrogen and oxygen atoms in total. The maximum Gasteiger partial charge on any atom is 0.522 e. The van der Waals surface area contributed by atoms with E-state index in [0.717, 1.165) is 13.4 Å². The van der Waals surface area contributed by atoms with E-state index in [1.807, 2.05) is 23.5 Å². The van der Waals surface area contributed by atoms with E-state index in [0.29, 0.717) is 0 Å². The second-order valence-corrected chi connectivity index (χ2v) is 21.9. The van der Waals surface area contributed by atoms with E-state index in [-0.39, 0.29) is 5.48 Å². The van der Waals surface area contributed by atoms with Crippen LogP contribution in [0.3, 0.4) is 0 Å². The predicted molar refractivity (Wildman–Crippen MR) is 313 cm³/mol. The molecule has 0 fully saturated rings. The maximum atomic E-state index is 10.7. The van der Waals surface area contributed by atoms with Gasteiger partial charge in [0.05, 0.1) is 0 Å². The number of benzene rings is 9. The number of halogens is 6. The lowest BCUT2D eigenvalue weighted by Gasteiger charge is -2.11. The molecule has 0 atom stereocenters. The van der Waals surface area contributed by atoms with Crippen LogP contribution in [0.2, 0.25) is 0 Å². The molecule has 0 radical (unpaired) electrons. The molecule has 10 rings (SSSR count). The molecular formula is C57H46Br3F3O6S4. The molecule has 0 aliphatic heterocycles. The van der Waals surface area contributed by atoms with Crippen LogP contribution in [-0.2, 0) is 10.1 Å². The zero-order chi connectivity index (χ0) is 51.8. The van der Waals surface area contributed by atoms with Crippen molar-refractivity contribution < 1.29 is 42.1 Å². The highest BCUT2D eigenvalue weighted by Gasteiger charge is 2.44. The highest BCUT2D eigenvalue weighted by Crippen LogP contribution is 2.43. The highest BCUT2D eigenvalue weighted by molar-refractivity contribution is 9.11. The smallest absolute Gasteiger partial charge is 0.412 e. The van der Waals surface area contributed by atoms with Crippen molar-refractivity contribution >= 4 is 113 Å². The zero-order valence-corrected chi connectivity index (χ0v) is 46.8. The van der Waals surface area contributed by atoms with Gasteiger partial charge in [-0.3, -0.25) is 15.1 Å². The Hall–Kier alpha value is -5.08. The Morgan fingerprint density at radius 3 is 1.25 bits per heavy atom. The molecule has 1 heterocycles. The number of thiophene rings is 1. The summed E-state index contributed by atoms with van der Waals surface area (Å²) in [4.78, 5) is 2.61. The molecule has 5 N–H and O–H groups in total. The van der Waals surface area contributed by atoms with Gasteiger partial charge < -0.3 is 5.48 Å². The molecular weight excluding hydrogens is 1210 g/mol. The van der Waals surface area contributed by atoms with Gasteiger partial charge in [-0.15, -0.1) is 34.9 Å². The van der Waals surface area contributed by atoms with Crippen LogP contribution in [-0.4, -0.2) is 47.0 Å². The number of thioether (sulfide) groups is 2. The van der Waals surface area contributed by atoms with Gasteiger partial charge in [-0.1, -0.05) is 212 Å². The Bertz CT molecular complexity index is 3340. The molecule has 0 aliphatic rings. The van der Waals surface area contributed by atoms with Gasteiger partial charge in [0.15, 0.2) is 0 Å². The van der Waals surface area contributed by atoms with Gasteiger partial charge in [0, 0.05) is 48.9 Å². The van der Waals surface area contributed by atoms with Crippen LogP contribution in [0.1, 0.15) is 0 Å². The number of fused-ring (bicyclic) bond motifs is 3. The summed E-state index contributed by atoms with van der Waals surface area (Å²) in [5, 5.41) is 14.7. The van der Waals surface area contributed by atoms with Gasteiger partial charge in [-0.2, -0.15) is 21.6 Å². The van der Waals surface area contributed by atoms with Gasteiger partial charge in [-0.05, 0) is 111 Å². The maximum absolute atomic E-state index is 10.7. The molecule has 0 saturated heterocycles. The normalized spacial score (nSPS) is 10.8. The van der Waals surface area contributed by atoms with E-state index >= 15 is 0 Å². The summed E-state index contributed by atoms with van der Waals surface area (Å²) < 4.78 is 63.6. The minimum absolute atomic E-state index is 0. The average Bonchev–Trinajstić information content (AvgIpc) is 3.79. The summed E-state index contributed by atoms with van der Waals surface area (Å²) in [6.07, 6.45) is 4.24. The van der Waals surface area contributed by atoms with Crippen molar-refractivity contribution in [1.29, 1.82) is 0 Å². The van der Waals surface area contributed by atoms with Crippen molar-refractivity contribution in [3.8, 4) is 55.6 Å². The number of hydrogen-bond donors (Lipinski definition) is 3. The average molecular weight is 1250 g/mol. The number of rotatable bonds is 7. The van der Waals surface area contributed by atoms with Gasteiger partial charge in [0.2, 0.25) is 0 Å². The minimum Gasteiger partial charge on any atom is -0.412 e. The molecule has 0 unspecified atom stereocenters. The Morgan fingerprint density at radius 1 is 0.452 bits per heavy atom. The third kappa shape index (κ3) is 15.3. The lowest BCUT2D eigenvalue weighted by Crippen LogP contribution is -2.21. The Labute approximate surface area is 460 Å². The van der Waals surface area contributed by atoms with E-state index in [2.05, 4.69) is 260 Å². The summed E-state index contributed by atoms with van der Waals surface area (Å²) in [7, 11) is -5.84. The molecule has 376 valence electrons. The summed E-state index contributed by atoms with van der Waals surface area (Å²) in [5.74, 6) is 0. The third-order valence-electron chi connectivity index (χ3n) is 10.8. The topological polar surface area (TPSA) is 126 Å². The van der Waals surface area contributed by atoms with Gasteiger partial charge in [0.25, 0.3) is 0 Å². The number of hydrogen-bond acceptors (Lipinski definition) is 7. The second kappa shape index (κ2) is 28.0. The monoisotopic (exact) mass is 1250 g/mol. The van der Waals surface area contributed by atoms with Gasteiger partial charge in [-0.25, -0.2) is 0 Å². The van der Waals surface area contributed by atoms with E-state index < -0.39 is 15.6 Å². The van der Waals surface area contributed by atoms with Gasteiger partial charge in [0.1, 0.15) is 0 Å². The fourth-order valence-electron chi connectivity index (χ4n) is 7.47. The predicted octanol–water partition coefficient (Wildman–Crippen LogP) is 19.1. The van der Waals surface area contributed by atoms with Crippen LogP contribution in [0.25, 0.3) is 75.8 Å². The van der Waals surface area contributed by atoms with Crippen molar-refractivity contribution in [2.45, 2.75) is 15.3 Å². The second-order valence-electron chi connectivity index (χ2n) is 15.2. The fourth-order valence-corrected chi connectivity index (χ4v) is 11.6. The fraction of sp³-hybridized carbons (Fsp3) is 0.0526. The zero-order valence-electron chi connectivity index (χ0n) is 38.8. The largest absolute Gasteiger partial charge is 0.522 e. The van der Waals surface area contributed by atoms with E-state index in [1.54, 1.807) is 23.5 Å². The summed E-state index contributed by atoms with van der Waals surface area (Å²) in [5.41, 5.74) is 7.01. The first-order valence-electron chi connectivity index (χ1n) is 21.5. The summed E-state index contributed by atoms with van der Waals surface area (Å²) in [6, 6.07) is 74.7. The Morgan fingerprint density at radius 2 is 0.822 bits per heavy atom. The Balaban J connectivity index is 0.000000185. The molecule has 0 saturated carbocycles. The van der Waals surface area contributed by atoms with Crippen LogP contribution in [0.15, 0.2) is 236 Å². The van der Waals surface area contributed by atoms with Gasteiger partial charge >= 0.3 is 15.6 Å². The lowest BCUT2D eigenvalue weighted by atomic mass is 9.99. The quantitative estimate of drug-likeness (QED) is 0.0477. The molecule has 0 amide bonds. The van der Waals surface area contributed by atoms with Crippen molar-refractivity contribution in [1.82, 2.24) is 0 Å². The van der Waals surface area contributed by atoms with Crippen molar-refractivity contribution in [3.05, 3.63) is 226 Å². The first-order valence-corrected chi connectivity index (χ1v) is 28.6. The first-order chi connectivity index (χ1) is 34.7. The van der Waals surface area contributed by atoms with Crippen molar-refractivity contribution in [2.24, 2.45) is 0 Å². The molecule has 0 aliphatic carbocycles. The van der Waals surface area contributed by atoms with Crippen molar-refractivity contribution in [2.75, 3.05) is 12.5 Å². The summed E-state index contributed by atoms with van der Waals surface area (Å²) >= 11 is 16.5. The molecule has 73 heavy (non-hydrogen) atoms. The molecule has 1 aromatic heterocycles. The van der Waals surface area contributed by atoms with Crippen LogP contribution < -0.4 is 0 Å². The summed E-state index contributed by atoms with van der Waals surface area (Å²) in [6.45, 7) is 0. The SMILES string of the molecule is Brc1ccc2c(sc3ccccc32)c1-c1ccccc1.CSc1ccccc1-c1ccc(Br)c(-c2ccccc2)c1.CSc1ccccc1-c1ccc(Br)c(-c2ccccc2)c1.O.O=S(=O)(O)C(F)(F)F.OO. The van der Waals surface area contributed by atoms with Crippen LogP contribution >= 0.6 is 82.7 Å². The number of alkyl halides is 3. The molecule has 0 spiro atoms. The third-order valence-corrected chi connectivity index (χ3v) is 16.2. The molecule has 9 aromatic carbocycles. The first kappa shape index (κ1) is 58.8. The van der Waals surface area contributed by atoms with E-state index in [9.17, 15) is 13.2 Å². The molecule has 16 heteroatoms. The van der Waals surface area contributed by atoms with E-state index in [4.69, 9.17) is 23.5 Å². The highest BCUT2D eigenvalue weighted by atomic mass is 79.9. The minimum atomic E-state index is -5.84. The molecule has 10 aromatic rings.